The highest BCUT2D eigenvalue weighted by Gasteiger charge is 2.13. The topological polar surface area (TPSA) is 46.3 Å². The molecule has 106 valence electrons. The van der Waals surface area contributed by atoms with Gasteiger partial charge in [0.05, 0.1) is 6.54 Å². The molecule has 0 atom stereocenters. The Morgan fingerprint density at radius 2 is 2.05 bits per heavy atom. The molecular formula is C16H20N2OS. The lowest BCUT2D eigenvalue weighted by molar-refractivity contribution is -0.131. The zero-order valence-corrected chi connectivity index (χ0v) is 12.5. The van der Waals surface area contributed by atoms with E-state index >= 15 is 0 Å². The molecule has 0 aliphatic heterocycles. The van der Waals surface area contributed by atoms with Crippen LogP contribution in [0.5, 0.6) is 0 Å². The van der Waals surface area contributed by atoms with Gasteiger partial charge in [-0.25, -0.2) is 0 Å². The standard InChI is InChI=1S/C16H20N2OS/c1-2-18(12-14-7-5-11-20-14)16(19)10-9-13-6-3-4-8-15(13)17/h3-8,11H,2,9-10,12,17H2,1H3. The number of para-hydroxylation sites is 1. The molecule has 0 aliphatic carbocycles. The second-order valence-corrected chi connectivity index (χ2v) is 5.72. The summed E-state index contributed by atoms with van der Waals surface area (Å²) < 4.78 is 0. The van der Waals surface area contributed by atoms with Crippen LogP contribution < -0.4 is 5.73 Å². The van der Waals surface area contributed by atoms with Gasteiger partial charge in [-0.1, -0.05) is 24.3 Å². The van der Waals surface area contributed by atoms with Gasteiger partial charge in [0.2, 0.25) is 5.91 Å². The third-order valence-corrected chi connectivity index (χ3v) is 4.19. The highest BCUT2D eigenvalue weighted by atomic mass is 32.1. The lowest BCUT2D eigenvalue weighted by atomic mass is 10.1. The molecule has 0 saturated heterocycles. The summed E-state index contributed by atoms with van der Waals surface area (Å²) in [6.07, 6.45) is 1.21. The van der Waals surface area contributed by atoms with Crippen molar-refractivity contribution < 1.29 is 4.79 Å². The maximum absolute atomic E-state index is 12.3. The summed E-state index contributed by atoms with van der Waals surface area (Å²) in [7, 11) is 0. The van der Waals surface area contributed by atoms with Gasteiger partial charge in [-0.05, 0) is 36.4 Å². The van der Waals surface area contributed by atoms with Gasteiger partial charge in [-0.15, -0.1) is 11.3 Å². The third-order valence-electron chi connectivity index (χ3n) is 3.32. The molecule has 20 heavy (non-hydrogen) atoms. The van der Waals surface area contributed by atoms with Crippen LogP contribution in [0, 0.1) is 0 Å². The Balaban J connectivity index is 1.91. The molecule has 2 aromatic rings. The quantitative estimate of drug-likeness (QED) is 0.829. The predicted octanol–water partition coefficient (Wildman–Crippen LogP) is 3.31. The van der Waals surface area contributed by atoms with Crippen LogP contribution in [-0.2, 0) is 17.8 Å². The smallest absolute Gasteiger partial charge is 0.223 e. The fraction of sp³-hybridized carbons (Fsp3) is 0.312. The van der Waals surface area contributed by atoms with E-state index in [4.69, 9.17) is 5.73 Å². The Kier molecular flexibility index (Phi) is 5.18. The summed E-state index contributed by atoms with van der Waals surface area (Å²) in [5.41, 5.74) is 7.72. The number of carbonyl (C=O) groups excluding carboxylic acids is 1. The number of hydrogen-bond acceptors (Lipinski definition) is 3. The van der Waals surface area contributed by atoms with Gasteiger partial charge in [0.1, 0.15) is 0 Å². The van der Waals surface area contributed by atoms with Crippen molar-refractivity contribution >= 4 is 22.9 Å². The number of anilines is 1. The third kappa shape index (κ3) is 3.84. The number of nitrogen functional groups attached to an aromatic ring is 1. The van der Waals surface area contributed by atoms with Crippen molar-refractivity contribution in [1.29, 1.82) is 0 Å². The molecule has 0 bridgehead atoms. The molecule has 4 heteroatoms. The number of benzene rings is 1. The van der Waals surface area contributed by atoms with E-state index in [9.17, 15) is 4.79 Å². The Bertz CT molecular complexity index is 551. The molecule has 1 aromatic carbocycles. The average Bonchev–Trinajstić information content (AvgIpc) is 2.96. The van der Waals surface area contributed by atoms with Crippen molar-refractivity contribution in [3.8, 4) is 0 Å². The Labute approximate surface area is 124 Å². The minimum absolute atomic E-state index is 0.184. The predicted molar refractivity (Wildman–Crippen MR) is 84.6 cm³/mol. The summed E-state index contributed by atoms with van der Waals surface area (Å²) in [6, 6.07) is 11.8. The Hall–Kier alpha value is -1.81. The van der Waals surface area contributed by atoms with Crippen molar-refractivity contribution in [3.05, 3.63) is 52.2 Å². The zero-order chi connectivity index (χ0) is 14.4. The van der Waals surface area contributed by atoms with Gasteiger partial charge in [0.25, 0.3) is 0 Å². The number of rotatable bonds is 6. The minimum Gasteiger partial charge on any atom is -0.399 e. The van der Waals surface area contributed by atoms with Crippen LogP contribution in [0.15, 0.2) is 41.8 Å². The number of amides is 1. The van der Waals surface area contributed by atoms with Crippen LogP contribution in [-0.4, -0.2) is 17.4 Å². The number of nitrogens with zero attached hydrogens (tertiary/aromatic N) is 1. The molecule has 1 amide bonds. The largest absolute Gasteiger partial charge is 0.399 e. The lowest BCUT2D eigenvalue weighted by Gasteiger charge is -2.20. The van der Waals surface area contributed by atoms with Gasteiger partial charge in [-0.2, -0.15) is 0 Å². The van der Waals surface area contributed by atoms with E-state index in [-0.39, 0.29) is 5.91 Å². The van der Waals surface area contributed by atoms with Crippen molar-refractivity contribution in [2.24, 2.45) is 0 Å². The Morgan fingerprint density at radius 1 is 1.25 bits per heavy atom. The molecule has 3 nitrogen and oxygen atoms in total. The van der Waals surface area contributed by atoms with Crippen molar-refractivity contribution in [3.63, 3.8) is 0 Å². The van der Waals surface area contributed by atoms with E-state index in [1.54, 1.807) is 11.3 Å². The highest BCUT2D eigenvalue weighted by Crippen LogP contribution is 2.15. The number of aryl methyl sites for hydroxylation is 1. The van der Waals surface area contributed by atoms with Gasteiger partial charge in [0.15, 0.2) is 0 Å². The van der Waals surface area contributed by atoms with Gasteiger partial charge >= 0.3 is 0 Å². The lowest BCUT2D eigenvalue weighted by Crippen LogP contribution is -2.30. The molecule has 0 unspecified atom stereocenters. The molecule has 2 N–H and O–H groups in total. The van der Waals surface area contributed by atoms with Crippen LogP contribution in [0.1, 0.15) is 23.8 Å². The van der Waals surface area contributed by atoms with E-state index in [1.165, 1.54) is 4.88 Å². The molecule has 1 heterocycles. The van der Waals surface area contributed by atoms with Crippen LogP contribution in [0.3, 0.4) is 0 Å². The van der Waals surface area contributed by atoms with E-state index in [1.807, 2.05) is 47.5 Å². The van der Waals surface area contributed by atoms with Gasteiger partial charge in [-0.3, -0.25) is 4.79 Å². The highest BCUT2D eigenvalue weighted by molar-refractivity contribution is 7.09. The van der Waals surface area contributed by atoms with Crippen LogP contribution >= 0.6 is 11.3 Å². The first-order valence-electron chi connectivity index (χ1n) is 6.84. The van der Waals surface area contributed by atoms with E-state index in [0.717, 1.165) is 17.8 Å². The van der Waals surface area contributed by atoms with Crippen molar-refractivity contribution in [2.75, 3.05) is 12.3 Å². The molecule has 0 fully saturated rings. The first-order valence-corrected chi connectivity index (χ1v) is 7.72. The molecule has 2 rings (SSSR count). The van der Waals surface area contributed by atoms with Gasteiger partial charge in [0, 0.05) is 23.5 Å². The fourth-order valence-corrected chi connectivity index (χ4v) is 2.85. The number of thiophene rings is 1. The normalized spacial score (nSPS) is 10.4. The summed E-state index contributed by atoms with van der Waals surface area (Å²) in [5.74, 6) is 0.184. The van der Waals surface area contributed by atoms with E-state index in [0.29, 0.717) is 19.4 Å². The molecular weight excluding hydrogens is 268 g/mol. The Morgan fingerprint density at radius 3 is 2.70 bits per heavy atom. The molecule has 0 aliphatic rings. The second kappa shape index (κ2) is 7.10. The summed E-state index contributed by atoms with van der Waals surface area (Å²) in [4.78, 5) is 15.4. The summed E-state index contributed by atoms with van der Waals surface area (Å²) in [6.45, 7) is 3.46. The summed E-state index contributed by atoms with van der Waals surface area (Å²) >= 11 is 1.69. The van der Waals surface area contributed by atoms with Gasteiger partial charge < -0.3 is 10.6 Å². The minimum atomic E-state index is 0.184. The monoisotopic (exact) mass is 288 g/mol. The maximum atomic E-state index is 12.3. The molecule has 0 saturated carbocycles. The zero-order valence-electron chi connectivity index (χ0n) is 11.7. The first-order chi connectivity index (χ1) is 9.70. The van der Waals surface area contributed by atoms with E-state index in [2.05, 4.69) is 6.07 Å². The number of hydrogen-bond donors (Lipinski definition) is 1. The molecule has 1 aromatic heterocycles. The molecule has 0 spiro atoms. The first kappa shape index (κ1) is 14.6. The van der Waals surface area contributed by atoms with E-state index < -0.39 is 0 Å². The van der Waals surface area contributed by atoms with Crippen LogP contribution in [0.4, 0.5) is 5.69 Å². The fourth-order valence-electron chi connectivity index (χ4n) is 2.13. The molecule has 0 radical (unpaired) electrons. The number of carbonyl (C=O) groups is 1. The average molecular weight is 288 g/mol. The number of nitrogens with two attached hydrogens (primary N) is 1. The van der Waals surface area contributed by atoms with Crippen molar-refractivity contribution in [1.82, 2.24) is 4.90 Å². The van der Waals surface area contributed by atoms with Crippen molar-refractivity contribution in [2.45, 2.75) is 26.3 Å². The summed E-state index contributed by atoms with van der Waals surface area (Å²) in [5, 5.41) is 2.04. The second-order valence-electron chi connectivity index (χ2n) is 4.69. The van der Waals surface area contributed by atoms with Crippen LogP contribution in [0.2, 0.25) is 0 Å². The maximum Gasteiger partial charge on any atom is 0.223 e. The van der Waals surface area contributed by atoms with Crippen LogP contribution in [0.25, 0.3) is 0 Å². The SMILES string of the molecule is CCN(Cc1cccs1)C(=O)CCc1ccccc1N.